The van der Waals surface area contributed by atoms with Crippen LogP contribution in [-0.2, 0) is 0 Å². The van der Waals surface area contributed by atoms with E-state index < -0.39 is 0 Å². The first-order chi connectivity index (χ1) is 9.24. The highest BCUT2D eigenvalue weighted by atomic mass is 14.8. The van der Waals surface area contributed by atoms with E-state index in [1.54, 1.807) is 0 Å². The summed E-state index contributed by atoms with van der Waals surface area (Å²) in [6.07, 6.45) is 0.952. The molecule has 0 radical (unpaired) electrons. The van der Waals surface area contributed by atoms with Gasteiger partial charge in [0.15, 0.2) is 0 Å². The predicted molar refractivity (Wildman–Crippen MR) is 82.2 cm³/mol. The van der Waals surface area contributed by atoms with Gasteiger partial charge in [0.2, 0.25) is 0 Å². The molecule has 1 aliphatic heterocycles. The fourth-order valence-corrected chi connectivity index (χ4v) is 2.47. The minimum absolute atomic E-state index is 0.952. The van der Waals surface area contributed by atoms with E-state index in [-0.39, 0.29) is 0 Å². The second-order valence-corrected chi connectivity index (χ2v) is 5.08. The van der Waals surface area contributed by atoms with E-state index in [9.17, 15) is 0 Å². The van der Waals surface area contributed by atoms with Gasteiger partial charge in [-0.25, -0.2) is 0 Å². The van der Waals surface area contributed by atoms with E-state index in [4.69, 9.17) is 4.99 Å². The molecule has 0 saturated heterocycles. The fourth-order valence-electron chi connectivity index (χ4n) is 2.47. The van der Waals surface area contributed by atoms with Crippen LogP contribution in [-0.4, -0.2) is 5.71 Å². The Morgan fingerprint density at radius 2 is 1.47 bits per heavy atom. The topological polar surface area (TPSA) is 12.4 Å². The molecule has 0 aliphatic carbocycles. The summed E-state index contributed by atoms with van der Waals surface area (Å²) < 4.78 is 0. The number of benzene rings is 2. The third kappa shape index (κ3) is 2.37. The maximum absolute atomic E-state index is 4.74. The molecule has 1 heteroatoms. The SMILES string of the molecule is CC1=NC(c2ccccc2)=C(c2ccc(C)cc2)C1. The smallest absolute Gasteiger partial charge is 0.0743 e. The largest absolute Gasteiger partial charge is 0.257 e. The van der Waals surface area contributed by atoms with E-state index in [2.05, 4.69) is 62.4 Å². The summed E-state index contributed by atoms with van der Waals surface area (Å²) in [5, 5.41) is 0. The lowest BCUT2D eigenvalue weighted by Crippen LogP contribution is -1.89. The van der Waals surface area contributed by atoms with Gasteiger partial charge in [-0.15, -0.1) is 0 Å². The zero-order valence-corrected chi connectivity index (χ0v) is 11.4. The van der Waals surface area contributed by atoms with Crippen molar-refractivity contribution in [3.05, 3.63) is 71.3 Å². The van der Waals surface area contributed by atoms with E-state index >= 15 is 0 Å². The van der Waals surface area contributed by atoms with Gasteiger partial charge in [-0.3, -0.25) is 4.99 Å². The molecule has 19 heavy (non-hydrogen) atoms. The molecular formula is C18H17N. The van der Waals surface area contributed by atoms with Gasteiger partial charge in [-0.05, 0) is 25.0 Å². The molecule has 3 rings (SSSR count). The van der Waals surface area contributed by atoms with Gasteiger partial charge >= 0.3 is 0 Å². The number of nitrogens with zero attached hydrogens (tertiary/aromatic N) is 1. The highest BCUT2D eigenvalue weighted by molar-refractivity contribution is 6.09. The standard InChI is InChI=1S/C18H17N/c1-13-8-10-15(11-9-13)17-12-14(2)19-18(17)16-6-4-3-5-7-16/h3-11H,12H2,1-2H3. The Morgan fingerprint density at radius 3 is 2.16 bits per heavy atom. The molecule has 0 saturated carbocycles. The van der Waals surface area contributed by atoms with Gasteiger partial charge in [0, 0.05) is 17.7 Å². The molecular weight excluding hydrogens is 230 g/mol. The van der Waals surface area contributed by atoms with Gasteiger partial charge in [-0.2, -0.15) is 0 Å². The highest BCUT2D eigenvalue weighted by Crippen LogP contribution is 2.35. The Kier molecular flexibility index (Phi) is 3.04. The average molecular weight is 247 g/mol. The Labute approximate surface area is 114 Å². The number of aryl methyl sites for hydroxylation is 1. The minimum atomic E-state index is 0.952. The Bertz CT molecular complexity index is 646. The van der Waals surface area contributed by atoms with Crippen LogP contribution >= 0.6 is 0 Å². The summed E-state index contributed by atoms with van der Waals surface area (Å²) in [5.41, 5.74) is 7.43. The Hall–Kier alpha value is -2.15. The van der Waals surface area contributed by atoms with Crippen molar-refractivity contribution < 1.29 is 0 Å². The number of rotatable bonds is 2. The quantitative estimate of drug-likeness (QED) is 0.727. The van der Waals surface area contributed by atoms with Crippen molar-refractivity contribution in [3.8, 4) is 0 Å². The lowest BCUT2D eigenvalue weighted by atomic mass is 9.97. The summed E-state index contributed by atoms with van der Waals surface area (Å²) in [4.78, 5) is 4.74. The van der Waals surface area contributed by atoms with Crippen LogP contribution < -0.4 is 0 Å². The Balaban J connectivity index is 2.10. The van der Waals surface area contributed by atoms with Crippen molar-refractivity contribution in [2.75, 3.05) is 0 Å². The number of hydrogen-bond acceptors (Lipinski definition) is 1. The van der Waals surface area contributed by atoms with Gasteiger partial charge in [0.05, 0.1) is 5.70 Å². The average Bonchev–Trinajstić information content (AvgIpc) is 2.83. The van der Waals surface area contributed by atoms with Crippen LogP contribution in [0.1, 0.15) is 30.0 Å². The van der Waals surface area contributed by atoms with Crippen molar-refractivity contribution in [2.45, 2.75) is 20.3 Å². The van der Waals surface area contributed by atoms with Gasteiger partial charge in [-0.1, -0.05) is 60.2 Å². The third-order valence-electron chi connectivity index (χ3n) is 3.47. The highest BCUT2D eigenvalue weighted by Gasteiger charge is 2.17. The molecule has 0 N–H and O–H groups in total. The van der Waals surface area contributed by atoms with Crippen LogP contribution in [0.15, 0.2) is 59.6 Å². The summed E-state index contributed by atoms with van der Waals surface area (Å²) in [6, 6.07) is 19.2. The van der Waals surface area contributed by atoms with Crippen molar-refractivity contribution in [3.63, 3.8) is 0 Å². The van der Waals surface area contributed by atoms with Gasteiger partial charge < -0.3 is 0 Å². The zero-order chi connectivity index (χ0) is 13.2. The second-order valence-electron chi connectivity index (χ2n) is 5.08. The molecule has 0 bridgehead atoms. The minimum Gasteiger partial charge on any atom is -0.257 e. The molecule has 0 unspecified atom stereocenters. The van der Waals surface area contributed by atoms with Crippen molar-refractivity contribution in [1.29, 1.82) is 0 Å². The van der Waals surface area contributed by atoms with E-state index in [1.165, 1.54) is 28.0 Å². The van der Waals surface area contributed by atoms with Crippen LogP contribution in [0, 0.1) is 6.92 Å². The van der Waals surface area contributed by atoms with Gasteiger partial charge in [0.25, 0.3) is 0 Å². The summed E-state index contributed by atoms with van der Waals surface area (Å²) in [7, 11) is 0. The zero-order valence-electron chi connectivity index (χ0n) is 11.4. The number of aliphatic imine (C=N–C) groups is 1. The molecule has 0 fully saturated rings. The first-order valence-corrected chi connectivity index (χ1v) is 6.64. The van der Waals surface area contributed by atoms with Crippen LogP contribution in [0.25, 0.3) is 11.3 Å². The fraction of sp³-hybridized carbons (Fsp3) is 0.167. The van der Waals surface area contributed by atoms with Crippen LogP contribution in [0.4, 0.5) is 0 Å². The molecule has 0 aromatic heterocycles. The van der Waals surface area contributed by atoms with Crippen LogP contribution in [0.5, 0.6) is 0 Å². The van der Waals surface area contributed by atoms with Crippen LogP contribution in [0.2, 0.25) is 0 Å². The first kappa shape index (κ1) is 11.9. The maximum Gasteiger partial charge on any atom is 0.0743 e. The Morgan fingerprint density at radius 1 is 0.789 bits per heavy atom. The van der Waals surface area contributed by atoms with Crippen molar-refractivity contribution in [1.82, 2.24) is 0 Å². The summed E-state index contributed by atoms with van der Waals surface area (Å²) in [5.74, 6) is 0. The van der Waals surface area contributed by atoms with Crippen LogP contribution in [0.3, 0.4) is 0 Å². The molecule has 0 amide bonds. The molecule has 0 spiro atoms. The van der Waals surface area contributed by atoms with E-state index in [0.29, 0.717) is 0 Å². The molecule has 1 heterocycles. The number of allylic oxidation sites excluding steroid dienone is 1. The molecule has 94 valence electrons. The third-order valence-corrected chi connectivity index (χ3v) is 3.47. The van der Waals surface area contributed by atoms with E-state index in [1.807, 2.05) is 6.07 Å². The molecule has 1 aliphatic rings. The lowest BCUT2D eigenvalue weighted by molar-refractivity contribution is 1.42. The normalized spacial score (nSPS) is 14.7. The number of hydrogen-bond donors (Lipinski definition) is 0. The monoisotopic (exact) mass is 247 g/mol. The molecule has 2 aromatic carbocycles. The molecule has 0 atom stereocenters. The predicted octanol–water partition coefficient (Wildman–Crippen LogP) is 4.73. The van der Waals surface area contributed by atoms with Crippen molar-refractivity contribution in [2.24, 2.45) is 4.99 Å². The summed E-state index contributed by atoms with van der Waals surface area (Å²) in [6.45, 7) is 4.22. The molecule has 2 aromatic rings. The lowest BCUT2D eigenvalue weighted by Gasteiger charge is -2.07. The maximum atomic E-state index is 4.74. The second kappa shape index (κ2) is 4.85. The molecule has 1 nitrogen and oxygen atoms in total. The van der Waals surface area contributed by atoms with E-state index in [0.717, 1.165) is 12.1 Å². The summed E-state index contributed by atoms with van der Waals surface area (Å²) >= 11 is 0. The first-order valence-electron chi connectivity index (χ1n) is 6.64. The van der Waals surface area contributed by atoms with Gasteiger partial charge in [0.1, 0.15) is 0 Å². The van der Waals surface area contributed by atoms with Crippen molar-refractivity contribution >= 4 is 17.0 Å².